The number of aryl methyl sites for hydroxylation is 2. The van der Waals surface area contributed by atoms with Gasteiger partial charge in [-0.05, 0) is 24.6 Å². The summed E-state index contributed by atoms with van der Waals surface area (Å²) in [6.45, 7) is 2.05. The van der Waals surface area contributed by atoms with Crippen LogP contribution in [-0.2, 0) is 13.5 Å². The van der Waals surface area contributed by atoms with Gasteiger partial charge in [-0.3, -0.25) is 4.68 Å². The summed E-state index contributed by atoms with van der Waals surface area (Å²) in [7, 11) is 1.91. The van der Waals surface area contributed by atoms with Crippen LogP contribution in [0.25, 0.3) is 0 Å². The maximum atomic E-state index is 6.06. The van der Waals surface area contributed by atoms with E-state index in [1.807, 2.05) is 42.9 Å². The molecular formula is C12H14ClN3S. The van der Waals surface area contributed by atoms with Crippen LogP contribution in [0.3, 0.4) is 0 Å². The molecule has 0 saturated heterocycles. The lowest BCUT2D eigenvalue weighted by atomic mass is 10.3. The van der Waals surface area contributed by atoms with Crippen LogP contribution in [0.2, 0.25) is 5.02 Å². The van der Waals surface area contributed by atoms with Crippen molar-refractivity contribution in [2.45, 2.75) is 23.3 Å². The van der Waals surface area contributed by atoms with Gasteiger partial charge >= 0.3 is 0 Å². The quantitative estimate of drug-likeness (QED) is 0.927. The summed E-state index contributed by atoms with van der Waals surface area (Å²) in [5.41, 5.74) is 7.77. The van der Waals surface area contributed by atoms with Crippen molar-refractivity contribution in [2.24, 2.45) is 7.05 Å². The summed E-state index contributed by atoms with van der Waals surface area (Å²) < 4.78 is 1.82. The van der Waals surface area contributed by atoms with Crippen LogP contribution in [0.15, 0.2) is 34.2 Å². The first-order valence-corrected chi connectivity index (χ1v) is 6.56. The van der Waals surface area contributed by atoms with E-state index in [2.05, 4.69) is 5.10 Å². The number of nitrogen functional groups attached to an aromatic ring is 1. The third kappa shape index (κ3) is 2.58. The molecule has 90 valence electrons. The van der Waals surface area contributed by atoms with E-state index in [1.165, 1.54) is 0 Å². The number of halogens is 1. The van der Waals surface area contributed by atoms with Crippen molar-refractivity contribution in [1.82, 2.24) is 9.78 Å². The Morgan fingerprint density at radius 2 is 2.24 bits per heavy atom. The van der Waals surface area contributed by atoms with Gasteiger partial charge in [0.05, 0.1) is 11.4 Å². The highest BCUT2D eigenvalue weighted by Crippen LogP contribution is 2.34. The molecular weight excluding hydrogens is 254 g/mol. The van der Waals surface area contributed by atoms with Crippen LogP contribution in [0.1, 0.15) is 12.6 Å². The van der Waals surface area contributed by atoms with E-state index in [9.17, 15) is 0 Å². The monoisotopic (exact) mass is 267 g/mol. The zero-order valence-corrected chi connectivity index (χ0v) is 11.3. The molecule has 0 aliphatic heterocycles. The Labute approximate surface area is 110 Å². The third-order valence-corrected chi connectivity index (χ3v) is 3.85. The van der Waals surface area contributed by atoms with Crippen LogP contribution in [0.5, 0.6) is 0 Å². The van der Waals surface area contributed by atoms with Crippen LogP contribution in [-0.4, -0.2) is 9.78 Å². The minimum absolute atomic E-state index is 0.728. The molecule has 0 amide bonds. The molecule has 0 bridgehead atoms. The Bertz CT molecular complexity index is 537. The third-order valence-electron chi connectivity index (χ3n) is 2.45. The van der Waals surface area contributed by atoms with Crippen molar-refractivity contribution >= 4 is 29.1 Å². The fraction of sp³-hybridized carbons (Fsp3) is 0.250. The standard InChI is InChI=1S/C12H14ClN3S/c1-3-10-11(14)12(16(2)15-10)17-9-6-4-5-8(13)7-9/h4-7H,3,14H2,1-2H3. The number of hydrogen-bond donors (Lipinski definition) is 1. The second-order valence-corrected chi connectivity index (χ2v) is 5.20. The topological polar surface area (TPSA) is 43.8 Å². The van der Waals surface area contributed by atoms with Crippen molar-refractivity contribution in [1.29, 1.82) is 0 Å². The number of aromatic nitrogens is 2. The predicted molar refractivity (Wildman–Crippen MR) is 72.6 cm³/mol. The Balaban J connectivity index is 2.33. The maximum Gasteiger partial charge on any atom is 0.122 e. The first-order valence-electron chi connectivity index (χ1n) is 5.36. The molecule has 1 heterocycles. The molecule has 0 atom stereocenters. The number of hydrogen-bond acceptors (Lipinski definition) is 3. The highest BCUT2D eigenvalue weighted by molar-refractivity contribution is 7.99. The van der Waals surface area contributed by atoms with Crippen molar-refractivity contribution < 1.29 is 0 Å². The van der Waals surface area contributed by atoms with Crippen LogP contribution in [0.4, 0.5) is 5.69 Å². The van der Waals surface area contributed by atoms with E-state index in [0.717, 1.165) is 32.7 Å². The van der Waals surface area contributed by atoms with Gasteiger partial charge in [0.1, 0.15) is 5.03 Å². The average Bonchev–Trinajstić information content (AvgIpc) is 2.56. The summed E-state index contributed by atoms with van der Waals surface area (Å²) in [6.07, 6.45) is 0.843. The summed E-state index contributed by atoms with van der Waals surface area (Å²) >= 11 is 7.54. The molecule has 2 aromatic rings. The van der Waals surface area contributed by atoms with Gasteiger partial charge in [0.25, 0.3) is 0 Å². The fourth-order valence-corrected chi connectivity index (χ4v) is 2.81. The van der Waals surface area contributed by atoms with Gasteiger partial charge in [0.2, 0.25) is 0 Å². The van der Waals surface area contributed by atoms with Gasteiger partial charge in [0.15, 0.2) is 0 Å². The minimum atomic E-state index is 0.728. The summed E-state index contributed by atoms with van der Waals surface area (Å²) in [6, 6.07) is 7.71. The molecule has 1 aromatic heterocycles. The minimum Gasteiger partial charge on any atom is -0.395 e. The highest BCUT2D eigenvalue weighted by Gasteiger charge is 2.13. The molecule has 0 saturated carbocycles. The first kappa shape index (κ1) is 12.3. The molecule has 0 aliphatic rings. The Morgan fingerprint density at radius 1 is 1.47 bits per heavy atom. The molecule has 0 radical (unpaired) electrons. The maximum absolute atomic E-state index is 6.06. The lowest BCUT2D eigenvalue weighted by molar-refractivity contribution is 0.687. The highest BCUT2D eigenvalue weighted by atomic mass is 35.5. The second kappa shape index (κ2) is 5.02. The summed E-state index contributed by atoms with van der Waals surface area (Å²) in [4.78, 5) is 1.06. The number of benzene rings is 1. The van der Waals surface area contributed by atoms with Gasteiger partial charge in [-0.25, -0.2) is 0 Å². The lowest BCUT2D eigenvalue weighted by Gasteiger charge is -2.03. The SMILES string of the molecule is CCc1nn(C)c(Sc2cccc(Cl)c2)c1N. The molecule has 1 aromatic carbocycles. The van der Waals surface area contributed by atoms with Crippen LogP contribution in [0, 0.1) is 0 Å². The second-order valence-electron chi connectivity index (χ2n) is 3.70. The molecule has 2 N–H and O–H groups in total. The average molecular weight is 268 g/mol. The van der Waals surface area contributed by atoms with Gasteiger partial charge in [-0.1, -0.05) is 36.4 Å². The van der Waals surface area contributed by atoms with E-state index in [1.54, 1.807) is 11.8 Å². The lowest BCUT2D eigenvalue weighted by Crippen LogP contribution is -1.93. The van der Waals surface area contributed by atoms with E-state index in [4.69, 9.17) is 17.3 Å². The summed E-state index contributed by atoms with van der Waals surface area (Å²) in [5.74, 6) is 0. The molecule has 0 spiro atoms. The smallest absolute Gasteiger partial charge is 0.122 e. The normalized spacial score (nSPS) is 10.8. The van der Waals surface area contributed by atoms with Crippen LogP contribution < -0.4 is 5.73 Å². The zero-order chi connectivity index (χ0) is 12.4. The first-order chi connectivity index (χ1) is 8.11. The van der Waals surface area contributed by atoms with Crippen molar-refractivity contribution in [3.05, 3.63) is 35.0 Å². The van der Waals surface area contributed by atoms with Crippen molar-refractivity contribution in [2.75, 3.05) is 5.73 Å². The van der Waals surface area contributed by atoms with E-state index < -0.39 is 0 Å². The molecule has 0 fully saturated rings. The van der Waals surface area contributed by atoms with E-state index in [-0.39, 0.29) is 0 Å². The van der Waals surface area contributed by atoms with Gasteiger partial charge < -0.3 is 5.73 Å². The number of anilines is 1. The number of rotatable bonds is 3. The van der Waals surface area contributed by atoms with Crippen LogP contribution >= 0.6 is 23.4 Å². The predicted octanol–water partition coefficient (Wildman–Crippen LogP) is 3.37. The number of nitrogens with two attached hydrogens (primary N) is 1. The molecule has 5 heteroatoms. The molecule has 3 nitrogen and oxygen atoms in total. The Hall–Kier alpha value is -1.13. The van der Waals surface area contributed by atoms with E-state index >= 15 is 0 Å². The molecule has 17 heavy (non-hydrogen) atoms. The van der Waals surface area contributed by atoms with Gasteiger partial charge in [-0.2, -0.15) is 5.10 Å². The van der Waals surface area contributed by atoms with E-state index in [0.29, 0.717) is 0 Å². The van der Waals surface area contributed by atoms with Gasteiger partial charge in [0, 0.05) is 17.0 Å². The van der Waals surface area contributed by atoms with Gasteiger partial charge in [-0.15, -0.1) is 0 Å². The zero-order valence-electron chi connectivity index (χ0n) is 9.77. The van der Waals surface area contributed by atoms with Crippen molar-refractivity contribution in [3.63, 3.8) is 0 Å². The number of nitrogens with zero attached hydrogens (tertiary/aromatic N) is 2. The molecule has 2 rings (SSSR count). The summed E-state index contributed by atoms with van der Waals surface area (Å²) in [5, 5.41) is 6.08. The molecule has 0 unspecified atom stereocenters. The Morgan fingerprint density at radius 3 is 2.82 bits per heavy atom. The fourth-order valence-electron chi connectivity index (χ4n) is 1.60. The van der Waals surface area contributed by atoms with Crippen molar-refractivity contribution in [3.8, 4) is 0 Å². The Kier molecular flexibility index (Phi) is 3.64. The molecule has 0 aliphatic carbocycles. The largest absolute Gasteiger partial charge is 0.395 e.